The average molecular weight is 1270 g/mol. The van der Waals surface area contributed by atoms with Crippen LogP contribution in [0.25, 0.3) is 10.9 Å². The summed E-state index contributed by atoms with van der Waals surface area (Å²) in [7, 11) is 0. The summed E-state index contributed by atoms with van der Waals surface area (Å²) in [5.74, 6) is -16.5. The summed E-state index contributed by atoms with van der Waals surface area (Å²) in [6.45, 7) is 7.36. The molecule has 1 aromatic heterocycles. The van der Waals surface area contributed by atoms with E-state index in [4.69, 9.17) is 44.3 Å². The van der Waals surface area contributed by atoms with Crippen LogP contribution in [0.5, 0.6) is 0 Å². The summed E-state index contributed by atoms with van der Waals surface area (Å²) < 4.78 is 31.7. The molecule has 2 heterocycles. The van der Waals surface area contributed by atoms with E-state index in [1.807, 2.05) is 0 Å². The van der Waals surface area contributed by atoms with Crippen LogP contribution in [0.3, 0.4) is 0 Å². The van der Waals surface area contributed by atoms with Gasteiger partial charge in [0, 0.05) is 43.0 Å². The highest BCUT2D eigenvalue weighted by atomic mass is 19.4. The van der Waals surface area contributed by atoms with E-state index in [0.717, 1.165) is 0 Å². The minimum absolute atomic E-state index is 0.00610. The van der Waals surface area contributed by atoms with Crippen molar-refractivity contribution in [1.29, 1.82) is 0 Å². The molecular formula is C54H83F3N16O16. The number of unbranched alkanes of at least 4 members (excludes halogenated alkanes) is 1. The second-order valence-electron chi connectivity index (χ2n) is 21.7. The van der Waals surface area contributed by atoms with Crippen molar-refractivity contribution in [2.24, 2.45) is 51.2 Å². The number of rotatable bonds is 36. The fourth-order valence-electron chi connectivity index (χ4n) is 9.07. The number of carbonyl (C=O) groups is 13. The molecule has 1 saturated heterocycles. The molecule has 1 aromatic carbocycles. The first kappa shape index (κ1) is 75.9. The van der Waals surface area contributed by atoms with Gasteiger partial charge in [0.25, 0.3) is 0 Å². The van der Waals surface area contributed by atoms with Crippen molar-refractivity contribution in [2.45, 2.75) is 172 Å². The molecule has 10 amide bonds. The molecule has 496 valence electrons. The monoisotopic (exact) mass is 1270 g/mol. The topological polar surface area (TPSA) is 554 Å². The third kappa shape index (κ3) is 26.8. The number of halogens is 3. The Labute approximate surface area is 509 Å². The first-order valence-corrected chi connectivity index (χ1v) is 28.4. The van der Waals surface area contributed by atoms with Gasteiger partial charge in [0.05, 0.1) is 18.9 Å². The average Bonchev–Trinajstić information content (AvgIpc) is 1.93. The maximum Gasteiger partial charge on any atom is 0.490 e. The van der Waals surface area contributed by atoms with Crippen molar-refractivity contribution in [3.63, 3.8) is 0 Å². The van der Waals surface area contributed by atoms with Crippen molar-refractivity contribution >= 4 is 93.8 Å². The number of aromatic nitrogens is 1. The lowest BCUT2D eigenvalue weighted by Gasteiger charge is -2.32. The van der Waals surface area contributed by atoms with Crippen LogP contribution in [-0.4, -0.2) is 188 Å². The standard InChI is InChI=1S/C52H82N16O14.C2HF3O2/c1-26(2)21-37(51(81)82)66-46(76)34(22-28-25-60-31-13-6-5-11-29(28)31)63-48(78)36(24-41(71)72)65-45(75)33(16-17-39(55)69)61-47(77)35(23-40(56)70)64-44(74)32(14-9-19-59-52(57)58)62-49(79)38-15-10-20-68(38)50(80)42(27(3)4)67-43(73)30(54)12-7-8-18-53;3-2(4,5)1(6)7/h5-6,11,13,25-27,30,32-38,42,60H,7-10,12,14-24,53-54H2,1-4H3,(H2,55,69)(H2,56,70)(H,61,77)(H,62,79)(H,63,78)(H,64,74)(H,65,75)(H,66,76)(H,67,73)(H,71,72)(H,81,82)(H4,57,58,59);(H,6,7)/t30-,32-,33-,34-,35-,36-,37-,38-,42-;/m0./s1. The summed E-state index contributed by atoms with van der Waals surface area (Å²) in [5.41, 5.74) is 34.7. The molecule has 1 fully saturated rings. The number of nitrogens with zero attached hydrogens (tertiary/aromatic N) is 2. The molecular weight excluding hydrogens is 1190 g/mol. The van der Waals surface area contributed by atoms with Gasteiger partial charge < -0.3 is 96.8 Å². The first-order chi connectivity index (χ1) is 41.6. The zero-order chi connectivity index (χ0) is 67.5. The van der Waals surface area contributed by atoms with Gasteiger partial charge in [-0.3, -0.25) is 57.7 Å². The highest BCUT2D eigenvalue weighted by molar-refractivity contribution is 6.00. The quantitative estimate of drug-likeness (QED) is 0.0180. The third-order valence-electron chi connectivity index (χ3n) is 13.6. The molecule has 23 N–H and O–H groups in total. The molecule has 0 saturated carbocycles. The molecule has 1 aliphatic heterocycles. The number of carboxylic acid groups (broad SMARTS) is 3. The maximum atomic E-state index is 14.2. The van der Waals surface area contributed by atoms with E-state index in [1.165, 1.54) is 4.90 Å². The lowest BCUT2D eigenvalue weighted by molar-refractivity contribution is -0.192. The lowest BCUT2D eigenvalue weighted by Crippen LogP contribution is -2.61. The number of carbonyl (C=O) groups excluding carboxylic acids is 10. The van der Waals surface area contributed by atoms with Crippen molar-refractivity contribution in [3.05, 3.63) is 36.0 Å². The van der Waals surface area contributed by atoms with Gasteiger partial charge in [0.2, 0.25) is 59.1 Å². The number of carboxylic acids is 3. The van der Waals surface area contributed by atoms with Gasteiger partial charge in [0.15, 0.2) is 5.96 Å². The Morgan fingerprint density at radius 3 is 1.74 bits per heavy atom. The number of alkyl halides is 3. The van der Waals surface area contributed by atoms with E-state index < -0.39 is 169 Å². The van der Waals surface area contributed by atoms with E-state index in [2.05, 4.69) is 47.2 Å². The molecule has 1 aliphatic rings. The smallest absolute Gasteiger partial charge is 0.481 e. The minimum atomic E-state index is -5.08. The maximum absolute atomic E-state index is 14.2. The minimum Gasteiger partial charge on any atom is -0.481 e. The van der Waals surface area contributed by atoms with Gasteiger partial charge in [-0.1, -0.05) is 52.3 Å². The molecule has 0 radical (unpaired) electrons. The number of para-hydroxylation sites is 1. The Hall–Kier alpha value is -9.15. The summed E-state index contributed by atoms with van der Waals surface area (Å²) in [6, 6.07) is -6.41. The Morgan fingerprint density at radius 2 is 1.21 bits per heavy atom. The molecule has 0 spiro atoms. The van der Waals surface area contributed by atoms with E-state index in [9.17, 15) is 80.9 Å². The van der Waals surface area contributed by atoms with Crippen LogP contribution in [0.2, 0.25) is 0 Å². The number of nitrogens with two attached hydrogens (primary N) is 6. The largest absolute Gasteiger partial charge is 0.490 e. The number of aromatic amines is 1. The first-order valence-electron chi connectivity index (χ1n) is 28.4. The molecule has 0 unspecified atom stereocenters. The predicted octanol–water partition coefficient (Wildman–Crippen LogP) is -3.36. The van der Waals surface area contributed by atoms with Crippen LogP contribution in [-0.2, 0) is 68.7 Å². The Morgan fingerprint density at radius 1 is 0.674 bits per heavy atom. The van der Waals surface area contributed by atoms with Gasteiger partial charge in [-0.05, 0) is 81.4 Å². The summed E-state index contributed by atoms with van der Waals surface area (Å²) in [5, 5.41) is 44.6. The zero-order valence-corrected chi connectivity index (χ0v) is 49.7. The van der Waals surface area contributed by atoms with Crippen molar-refractivity contribution in [2.75, 3.05) is 19.6 Å². The highest BCUT2D eigenvalue weighted by Gasteiger charge is 2.42. The molecule has 89 heavy (non-hydrogen) atoms. The van der Waals surface area contributed by atoms with Gasteiger partial charge in [-0.15, -0.1) is 0 Å². The Balaban J connectivity index is 0.00000362. The van der Waals surface area contributed by atoms with E-state index >= 15 is 0 Å². The van der Waals surface area contributed by atoms with Crippen molar-refractivity contribution in [3.8, 4) is 0 Å². The van der Waals surface area contributed by atoms with Gasteiger partial charge in [0.1, 0.15) is 48.3 Å². The van der Waals surface area contributed by atoms with Gasteiger partial charge in [-0.25, -0.2) is 9.59 Å². The number of nitrogens with one attached hydrogen (secondary N) is 8. The van der Waals surface area contributed by atoms with Crippen LogP contribution >= 0.6 is 0 Å². The predicted molar refractivity (Wildman–Crippen MR) is 311 cm³/mol. The molecule has 2 aromatic rings. The summed E-state index contributed by atoms with van der Waals surface area (Å²) in [6.07, 6.45) is -5.03. The Bertz CT molecular complexity index is 2850. The second-order valence-corrected chi connectivity index (χ2v) is 21.7. The fourth-order valence-corrected chi connectivity index (χ4v) is 9.07. The molecule has 32 nitrogen and oxygen atoms in total. The number of aliphatic carboxylic acids is 3. The number of amides is 10. The number of guanidine groups is 1. The fraction of sp³-hybridized carbons (Fsp3) is 0.593. The number of likely N-dealkylation sites (tertiary alicyclic amines) is 1. The molecule has 9 atom stereocenters. The summed E-state index contributed by atoms with van der Waals surface area (Å²) >= 11 is 0. The second kappa shape index (κ2) is 36.9. The van der Waals surface area contributed by atoms with E-state index in [1.54, 1.807) is 58.2 Å². The van der Waals surface area contributed by atoms with E-state index in [0.29, 0.717) is 48.7 Å². The number of aliphatic imine (C=N–C) groups is 1. The van der Waals surface area contributed by atoms with Crippen LogP contribution in [0.1, 0.15) is 110 Å². The van der Waals surface area contributed by atoms with E-state index in [-0.39, 0.29) is 57.1 Å². The van der Waals surface area contributed by atoms with Crippen molar-refractivity contribution in [1.82, 2.24) is 47.1 Å². The van der Waals surface area contributed by atoms with Crippen LogP contribution in [0, 0.1) is 11.8 Å². The lowest BCUT2D eigenvalue weighted by atomic mass is 10.0. The number of fused-ring (bicyclic) bond motifs is 1. The van der Waals surface area contributed by atoms with Gasteiger partial charge in [-0.2, -0.15) is 13.2 Å². The number of hydrogen-bond acceptors (Lipinski definition) is 16. The highest BCUT2D eigenvalue weighted by Crippen LogP contribution is 2.23. The van der Waals surface area contributed by atoms with Crippen LogP contribution < -0.4 is 71.6 Å². The van der Waals surface area contributed by atoms with Crippen LogP contribution in [0.4, 0.5) is 13.2 Å². The number of primary amides is 2. The zero-order valence-electron chi connectivity index (χ0n) is 49.7. The number of hydrogen-bond donors (Lipinski definition) is 17. The third-order valence-corrected chi connectivity index (χ3v) is 13.6. The van der Waals surface area contributed by atoms with Crippen molar-refractivity contribution < 1.29 is 90.8 Å². The SMILES string of the molecule is CC(C)C[C@H](NC(=O)[C@H](Cc1c[nH]c2ccccc12)NC(=O)[C@H](CC(=O)O)NC(=O)[C@H](CCC(N)=O)NC(=O)[C@H](CC(N)=O)NC(=O)[C@H](CCCN=C(N)N)NC(=O)[C@@H]1CCCN1C(=O)[C@@H](NC(=O)[C@@H](N)CCCCN)C(C)C)C(=O)O.O=C(O)C(F)(F)F. The van der Waals surface area contributed by atoms with Gasteiger partial charge >= 0.3 is 24.1 Å². The molecule has 0 bridgehead atoms. The number of benzene rings is 1. The summed E-state index contributed by atoms with van der Waals surface area (Å²) in [4.78, 5) is 178. The Kier molecular flexibility index (Phi) is 31.5. The molecule has 35 heteroatoms. The molecule has 3 rings (SSSR count). The normalized spacial score (nSPS) is 15.6. The molecule has 0 aliphatic carbocycles. The number of H-pyrrole nitrogens is 1. The van der Waals surface area contributed by atoms with Crippen LogP contribution in [0.15, 0.2) is 35.5 Å².